The van der Waals surface area contributed by atoms with Gasteiger partial charge >= 0.3 is 0 Å². The van der Waals surface area contributed by atoms with Crippen molar-refractivity contribution >= 4 is 0 Å². The highest BCUT2D eigenvalue weighted by Gasteiger charge is 2.27. The van der Waals surface area contributed by atoms with E-state index >= 15 is 0 Å². The molecule has 0 aliphatic carbocycles. The van der Waals surface area contributed by atoms with Crippen LogP contribution < -0.4 is 0 Å². The molecule has 1 saturated heterocycles. The highest BCUT2D eigenvalue weighted by Crippen LogP contribution is 2.19. The summed E-state index contributed by atoms with van der Waals surface area (Å²) < 4.78 is 0. The van der Waals surface area contributed by atoms with Crippen LogP contribution in [-0.4, -0.2) is 41.8 Å². The van der Waals surface area contributed by atoms with Crippen molar-refractivity contribution in [3.8, 4) is 0 Å². The smallest absolute Gasteiger partial charge is 0.0667 e. The third-order valence-corrected chi connectivity index (χ3v) is 2.52. The van der Waals surface area contributed by atoms with Gasteiger partial charge in [-0.1, -0.05) is 5.11 Å². The second kappa shape index (κ2) is 5.07. The van der Waals surface area contributed by atoms with E-state index in [0.717, 1.165) is 25.9 Å². The van der Waals surface area contributed by atoms with E-state index in [4.69, 9.17) is 5.53 Å². The van der Waals surface area contributed by atoms with E-state index in [9.17, 15) is 5.11 Å². The molecule has 0 spiro atoms. The van der Waals surface area contributed by atoms with Gasteiger partial charge in [-0.15, -0.1) is 0 Å². The lowest BCUT2D eigenvalue weighted by Crippen LogP contribution is -2.38. The Hall–Kier alpha value is -0.770. The number of aliphatic hydroxyl groups excluding tert-OH is 1. The van der Waals surface area contributed by atoms with Crippen LogP contribution >= 0.6 is 0 Å². The van der Waals surface area contributed by atoms with Gasteiger partial charge in [0.1, 0.15) is 0 Å². The highest BCUT2D eigenvalue weighted by molar-refractivity contribution is 4.83. The van der Waals surface area contributed by atoms with Gasteiger partial charge in [0.15, 0.2) is 0 Å². The summed E-state index contributed by atoms with van der Waals surface area (Å²) in [5.74, 6) is 0. The second-order valence-electron chi connectivity index (χ2n) is 3.44. The highest BCUT2D eigenvalue weighted by atomic mass is 16.3. The van der Waals surface area contributed by atoms with Crippen LogP contribution in [0, 0.1) is 0 Å². The minimum atomic E-state index is -0.284. The molecule has 5 heteroatoms. The fourth-order valence-electron chi connectivity index (χ4n) is 1.89. The number of aliphatic hydroxyl groups is 1. The van der Waals surface area contributed by atoms with Gasteiger partial charge in [-0.25, -0.2) is 0 Å². The molecule has 13 heavy (non-hydrogen) atoms. The van der Waals surface area contributed by atoms with Crippen molar-refractivity contribution in [3.63, 3.8) is 0 Å². The minimum absolute atomic E-state index is 0.258. The third-order valence-electron chi connectivity index (χ3n) is 2.52. The maximum Gasteiger partial charge on any atom is 0.0667 e. The van der Waals surface area contributed by atoms with E-state index in [-0.39, 0.29) is 12.1 Å². The Morgan fingerprint density at radius 2 is 2.54 bits per heavy atom. The number of likely N-dealkylation sites (tertiary alicyclic amines) is 1. The summed E-state index contributed by atoms with van der Waals surface area (Å²) in [4.78, 5) is 4.90. The van der Waals surface area contributed by atoms with Crippen LogP contribution in [0.1, 0.15) is 19.8 Å². The molecule has 5 nitrogen and oxygen atoms in total. The third kappa shape index (κ3) is 2.88. The lowest BCUT2D eigenvalue weighted by molar-refractivity contribution is 0.0885. The molecule has 1 fully saturated rings. The molecule has 0 amide bonds. The molecule has 0 saturated carbocycles. The zero-order chi connectivity index (χ0) is 9.68. The Kier molecular flexibility index (Phi) is 4.02. The van der Waals surface area contributed by atoms with Gasteiger partial charge in [-0.2, -0.15) is 0 Å². The molecule has 0 bridgehead atoms. The van der Waals surface area contributed by atoms with Crippen LogP contribution in [-0.2, 0) is 0 Å². The summed E-state index contributed by atoms with van der Waals surface area (Å²) in [6.07, 6.45) is 1.90. The van der Waals surface area contributed by atoms with Gasteiger partial charge in [0.2, 0.25) is 0 Å². The van der Waals surface area contributed by atoms with Crippen molar-refractivity contribution in [2.45, 2.75) is 31.9 Å². The molecule has 0 radical (unpaired) electrons. The average Bonchev–Trinajstić information content (AvgIpc) is 2.53. The van der Waals surface area contributed by atoms with E-state index < -0.39 is 0 Å². The largest absolute Gasteiger partial charge is 0.392 e. The van der Waals surface area contributed by atoms with Gasteiger partial charge in [-0.3, -0.25) is 4.90 Å². The van der Waals surface area contributed by atoms with Crippen LogP contribution in [0.4, 0.5) is 0 Å². The summed E-state index contributed by atoms with van der Waals surface area (Å²) in [6.45, 7) is 4.09. The first kappa shape index (κ1) is 10.3. The number of hydrogen-bond acceptors (Lipinski definition) is 3. The topological polar surface area (TPSA) is 72.2 Å². The maximum atomic E-state index is 9.43. The monoisotopic (exact) mass is 184 g/mol. The molecule has 2 atom stereocenters. The van der Waals surface area contributed by atoms with Gasteiger partial charge in [0.05, 0.1) is 6.10 Å². The fourth-order valence-corrected chi connectivity index (χ4v) is 1.89. The van der Waals surface area contributed by atoms with Crippen LogP contribution in [0.25, 0.3) is 10.4 Å². The molecule has 1 heterocycles. The first-order valence-corrected chi connectivity index (χ1v) is 4.68. The molecule has 1 aliphatic heterocycles. The van der Waals surface area contributed by atoms with Gasteiger partial charge in [0.25, 0.3) is 0 Å². The van der Waals surface area contributed by atoms with Crippen LogP contribution in [0.2, 0.25) is 0 Å². The summed E-state index contributed by atoms with van der Waals surface area (Å²) in [7, 11) is 0. The normalized spacial score (nSPS) is 25.5. The summed E-state index contributed by atoms with van der Waals surface area (Å²) in [6, 6.07) is 0.258. The quantitative estimate of drug-likeness (QED) is 0.404. The van der Waals surface area contributed by atoms with E-state index in [0.29, 0.717) is 6.54 Å². The van der Waals surface area contributed by atoms with Gasteiger partial charge in [-0.05, 0) is 31.8 Å². The van der Waals surface area contributed by atoms with Gasteiger partial charge in [0, 0.05) is 24.0 Å². The summed E-state index contributed by atoms with van der Waals surface area (Å²) >= 11 is 0. The predicted molar refractivity (Wildman–Crippen MR) is 50.3 cm³/mol. The Labute approximate surface area is 78.0 Å². The van der Waals surface area contributed by atoms with E-state index in [2.05, 4.69) is 14.9 Å². The lowest BCUT2D eigenvalue weighted by atomic mass is 10.1. The molecule has 0 aromatic rings. The Bertz CT molecular complexity index is 200. The Balaban J connectivity index is 2.35. The predicted octanol–water partition coefficient (Wildman–Crippen LogP) is 1.14. The SMILES string of the molecule is C[C@H](O)[C@H]1CCCN1CCN=[N+]=[N-]. The van der Waals surface area contributed by atoms with Crippen LogP contribution in [0.3, 0.4) is 0 Å². The van der Waals surface area contributed by atoms with Crippen molar-refractivity contribution in [1.29, 1.82) is 0 Å². The van der Waals surface area contributed by atoms with E-state index in [1.807, 2.05) is 6.92 Å². The molecule has 0 aromatic carbocycles. The van der Waals surface area contributed by atoms with Gasteiger partial charge < -0.3 is 5.11 Å². The molecule has 0 aromatic heterocycles. The van der Waals surface area contributed by atoms with Crippen molar-refractivity contribution < 1.29 is 5.11 Å². The standard InChI is InChI=1S/C8H16N4O/c1-7(13)8-3-2-5-12(8)6-4-10-11-9/h7-8,13H,2-6H2,1H3/t7-,8+/m0/s1. The zero-order valence-corrected chi connectivity index (χ0v) is 7.93. The second-order valence-corrected chi connectivity index (χ2v) is 3.44. The lowest BCUT2D eigenvalue weighted by Gasteiger charge is -2.25. The molecular formula is C8H16N4O. The van der Waals surface area contributed by atoms with E-state index in [1.54, 1.807) is 0 Å². The van der Waals surface area contributed by atoms with E-state index in [1.165, 1.54) is 0 Å². The number of rotatable bonds is 4. The molecule has 0 unspecified atom stereocenters. The number of azide groups is 1. The van der Waals surface area contributed by atoms with Crippen molar-refractivity contribution in [1.82, 2.24) is 4.90 Å². The van der Waals surface area contributed by atoms with Crippen molar-refractivity contribution in [2.24, 2.45) is 5.11 Å². The Morgan fingerprint density at radius 1 is 1.77 bits per heavy atom. The zero-order valence-electron chi connectivity index (χ0n) is 7.93. The molecule has 1 aliphatic rings. The first-order valence-electron chi connectivity index (χ1n) is 4.68. The molecule has 1 N–H and O–H groups in total. The fraction of sp³-hybridized carbons (Fsp3) is 1.00. The number of nitrogens with zero attached hydrogens (tertiary/aromatic N) is 4. The van der Waals surface area contributed by atoms with Crippen LogP contribution in [0.15, 0.2) is 5.11 Å². The van der Waals surface area contributed by atoms with Crippen molar-refractivity contribution in [3.05, 3.63) is 10.4 Å². The summed E-state index contributed by atoms with van der Waals surface area (Å²) in [5.41, 5.74) is 8.11. The first-order chi connectivity index (χ1) is 6.25. The average molecular weight is 184 g/mol. The maximum absolute atomic E-state index is 9.43. The minimum Gasteiger partial charge on any atom is -0.392 e. The number of hydrogen-bond donors (Lipinski definition) is 1. The summed E-state index contributed by atoms with van der Waals surface area (Å²) in [5, 5.41) is 12.9. The van der Waals surface area contributed by atoms with Crippen LogP contribution in [0.5, 0.6) is 0 Å². The Morgan fingerprint density at radius 3 is 3.15 bits per heavy atom. The molecular weight excluding hydrogens is 168 g/mol. The molecule has 1 rings (SSSR count). The van der Waals surface area contributed by atoms with Crippen molar-refractivity contribution in [2.75, 3.05) is 19.6 Å². The molecule has 74 valence electrons.